The van der Waals surface area contributed by atoms with Crippen LogP contribution in [-0.4, -0.2) is 47.5 Å². The van der Waals surface area contributed by atoms with Crippen molar-refractivity contribution < 1.29 is 9.84 Å². The molecule has 0 aromatic carbocycles. The minimum atomic E-state index is -0.713. The van der Waals surface area contributed by atoms with Gasteiger partial charge in [0.25, 0.3) is 0 Å². The van der Waals surface area contributed by atoms with E-state index in [0.29, 0.717) is 37.8 Å². The first-order valence-electron chi connectivity index (χ1n) is 6.56. The molecular formula is C13H20ClN3O2. The Morgan fingerprint density at radius 1 is 1.42 bits per heavy atom. The fourth-order valence-electron chi connectivity index (χ4n) is 2.44. The Kier molecular flexibility index (Phi) is 4.60. The van der Waals surface area contributed by atoms with Crippen LogP contribution in [0.5, 0.6) is 0 Å². The van der Waals surface area contributed by atoms with E-state index in [1.54, 1.807) is 0 Å². The molecule has 2 rings (SSSR count). The van der Waals surface area contributed by atoms with Crippen molar-refractivity contribution in [3.05, 3.63) is 17.0 Å². The monoisotopic (exact) mass is 285 g/mol. The normalized spacial score (nSPS) is 18.3. The molecule has 1 N–H and O–H groups in total. The van der Waals surface area contributed by atoms with Gasteiger partial charge in [-0.3, -0.25) is 0 Å². The quantitative estimate of drug-likeness (QED) is 0.853. The van der Waals surface area contributed by atoms with Crippen LogP contribution in [-0.2, 0) is 11.2 Å². The molecule has 0 amide bonds. The fourth-order valence-corrected chi connectivity index (χ4v) is 2.70. The Hall–Kier alpha value is -0.910. The number of aromatic nitrogens is 2. The van der Waals surface area contributed by atoms with E-state index in [9.17, 15) is 5.11 Å². The van der Waals surface area contributed by atoms with E-state index in [1.807, 2.05) is 18.9 Å². The highest BCUT2D eigenvalue weighted by atomic mass is 35.5. The Balaban J connectivity index is 2.15. The third kappa shape index (κ3) is 3.35. The molecule has 1 fully saturated rings. The molecule has 1 aliphatic heterocycles. The van der Waals surface area contributed by atoms with Crippen LogP contribution in [0.3, 0.4) is 0 Å². The van der Waals surface area contributed by atoms with Crippen LogP contribution in [0, 0.1) is 0 Å². The summed E-state index contributed by atoms with van der Waals surface area (Å²) in [5, 5.41) is 11.0. The number of hydrogen-bond acceptors (Lipinski definition) is 5. The van der Waals surface area contributed by atoms with Gasteiger partial charge in [0, 0.05) is 45.2 Å². The van der Waals surface area contributed by atoms with Gasteiger partial charge in [-0.1, -0.05) is 18.5 Å². The lowest BCUT2D eigenvalue weighted by Gasteiger charge is -2.36. The van der Waals surface area contributed by atoms with Crippen molar-refractivity contribution in [3.8, 4) is 0 Å². The molecule has 0 radical (unpaired) electrons. The molecule has 1 aliphatic rings. The van der Waals surface area contributed by atoms with Gasteiger partial charge in [-0.2, -0.15) is 0 Å². The Labute approximate surface area is 118 Å². The number of likely N-dealkylation sites (N-methyl/N-ethyl adjacent to an activating group) is 1. The van der Waals surface area contributed by atoms with E-state index in [0.717, 1.165) is 17.8 Å². The van der Waals surface area contributed by atoms with Crippen LogP contribution < -0.4 is 4.90 Å². The van der Waals surface area contributed by atoms with Gasteiger partial charge in [0.2, 0.25) is 0 Å². The largest absolute Gasteiger partial charge is 0.388 e. The number of hydrogen-bond donors (Lipinski definition) is 1. The molecule has 19 heavy (non-hydrogen) atoms. The highest BCUT2D eigenvalue weighted by Crippen LogP contribution is 2.27. The molecule has 6 heteroatoms. The summed E-state index contributed by atoms with van der Waals surface area (Å²) in [6, 6.07) is 0. The summed E-state index contributed by atoms with van der Waals surface area (Å²) in [4.78, 5) is 10.3. The second kappa shape index (κ2) is 6.03. The van der Waals surface area contributed by atoms with E-state index in [2.05, 4.69) is 9.97 Å². The molecule has 0 unspecified atom stereocenters. The lowest BCUT2D eigenvalue weighted by molar-refractivity contribution is -0.0573. The molecular weight excluding hydrogens is 266 g/mol. The van der Waals surface area contributed by atoms with E-state index >= 15 is 0 Å². The maximum absolute atomic E-state index is 10.5. The summed E-state index contributed by atoms with van der Waals surface area (Å²) < 4.78 is 5.29. The number of nitrogens with zero attached hydrogens (tertiary/aromatic N) is 3. The first-order valence-corrected chi connectivity index (χ1v) is 6.94. The van der Waals surface area contributed by atoms with Gasteiger partial charge in [0.1, 0.15) is 17.3 Å². The summed E-state index contributed by atoms with van der Waals surface area (Å²) in [5.74, 6) is 0.794. The number of anilines is 1. The first-order chi connectivity index (χ1) is 9.06. The highest BCUT2D eigenvalue weighted by molar-refractivity contribution is 6.30. The van der Waals surface area contributed by atoms with Crippen LogP contribution in [0.1, 0.15) is 25.3 Å². The van der Waals surface area contributed by atoms with E-state index in [1.165, 1.54) is 6.33 Å². The Bertz CT molecular complexity index is 436. The molecule has 0 atom stereocenters. The minimum absolute atomic E-state index is 0.485. The summed E-state index contributed by atoms with van der Waals surface area (Å²) in [7, 11) is 1.92. The Morgan fingerprint density at radius 3 is 2.74 bits per heavy atom. The predicted molar refractivity (Wildman–Crippen MR) is 74.7 cm³/mol. The van der Waals surface area contributed by atoms with Crippen molar-refractivity contribution in [1.29, 1.82) is 0 Å². The van der Waals surface area contributed by atoms with Gasteiger partial charge in [0.05, 0.1) is 5.60 Å². The number of aliphatic hydroxyl groups is 1. The summed E-state index contributed by atoms with van der Waals surface area (Å²) >= 11 is 6.09. The Morgan fingerprint density at radius 2 is 2.11 bits per heavy atom. The van der Waals surface area contributed by atoms with Crippen LogP contribution in [0.4, 0.5) is 5.82 Å². The van der Waals surface area contributed by atoms with E-state index < -0.39 is 5.60 Å². The van der Waals surface area contributed by atoms with Crippen LogP contribution in [0.25, 0.3) is 0 Å². The molecule has 106 valence electrons. The van der Waals surface area contributed by atoms with Crippen molar-refractivity contribution in [2.75, 3.05) is 31.7 Å². The molecule has 2 heterocycles. The zero-order valence-electron chi connectivity index (χ0n) is 11.4. The van der Waals surface area contributed by atoms with E-state index in [-0.39, 0.29) is 0 Å². The fraction of sp³-hybridized carbons (Fsp3) is 0.692. The van der Waals surface area contributed by atoms with E-state index in [4.69, 9.17) is 16.3 Å². The summed E-state index contributed by atoms with van der Waals surface area (Å²) in [6.07, 6.45) is 3.53. The molecule has 1 saturated heterocycles. The van der Waals surface area contributed by atoms with Crippen LogP contribution in [0.2, 0.25) is 5.15 Å². The van der Waals surface area contributed by atoms with Crippen molar-refractivity contribution in [2.45, 2.75) is 31.8 Å². The SMILES string of the molecule is CCc1c(Cl)ncnc1N(C)CC1(O)CCOCC1. The average Bonchev–Trinajstić information content (AvgIpc) is 2.38. The van der Waals surface area contributed by atoms with Gasteiger partial charge in [-0.05, 0) is 6.42 Å². The van der Waals surface area contributed by atoms with Crippen molar-refractivity contribution in [3.63, 3.8) is 0 Å². The number of halogens is 1. The van der Waals surface area contributed by atoms with Crippen molar-refractivity contribution >= 4 is 17.4 Å². The highest BCUT2D eigenvalue weighted by Gasteiger charge is 2.32. The third-order valence-corrected chi connectivity index (χ3v) is 3.87. The lowest BCUT2D eigenvalue weighted by Crippen LogP contribution is -2.46. The minimum Gasteiger partial charge on any atom is -0.388 e. The number of rotatable bonds is 4. The molecule has 5 nitrogen and oxygen atoms in total. The topological polar surface area (TPSA) is 58.5 Å². The molecule has 1 aromatic rings. The van der Waals surface area contributed by atoms with Crippen molar-refractivity contribution in [2.24, 2.45) is 0 Å². The first kappa shape index (κ1) is 14.5. The number of ether oxygens (including phenoxy) is 1. The van der Waals surface area contributed by atoms with Crippen molar-refractivity contribution in [1.82, 2.24) is 9.97 Å². The molecule has 0 saturated carbocycles. The molecule has 1 aromatic heterocycles. The second-order valence-electron chi connectivity index (χ2n) is 5.01. The zero-order valence-corrected chi connectivity index (χ0v) is 12.2. The summed E-state index contributed by atoms with van der Waals surface area (Å²) in [6.45, 7) is 3.76. The third-order valence-electron chi connectivity index (χ3n) is 3.54. The van der Waals surface area contributed by atoms with Gasteiger partial charge in [0.15, 0.2) is 0 Å². The van der Waals surface area contributed by atoms with Gasteiger partial charge >= 0.3 is 0 Å². The van der Waals surface area contributed by atoms with Gasteiger partial charge in [-0.15, -0.1) is 0 Å². The maximum Gasteiger partial charge on any atom is 0.137 e. The van der Waals surface area contributed by atoms with Gasteiger partial charge in [-0.25, -0.2) is 9.97 Å². The lowest BCUT2D eigenvalue weighted by atomic mass is 9.94. The predicted octanol–water partition coefficient (Wildman–Crippen LogP) is 1.67. The molecule has 0 aliphatic carbocycles. The van der Waals surface area contributed by atoms with Crippen LogP contribution >= 0.6 is 11.6 Å². The van der Waals surface area contributed by atoms with Crippen LogP contribution in [0.15, 0.2) is 6.33 Å². The maximum atomic E-state index is 10.5. The summed E-state index contributed by atoms with van der Waals surface area (Å²) in [5.41, 5.74) is 0.206. The second-order valence-corrected chi connectivity index (χ2v) is 5.37. The molecule has 0 spiro atoms. The van der Waals surface area contributed by atoms with Gasteiger partial charge < -0.3 is 14.7 Å². The smallest absolute Gasteiger partial charge is 0.137 e. The standard InChI is InChI=1S/C13H20ClN3O2/c1-3-10-11(14)15-9-16-12(10)17(2)8-13(18)4-6-19-7-5-13/h9,18H,3-8H2,1-2H3. The zero-order chi connectivity index (χ0) is 13.9. The molecule has 0 bridgehead atoms. The average molecular weight is 286 g/mol.